The molecule has 0 aliphatic carbocycles. The van der Waals surface area contributed by atoms with Gasteiger partial charge in [-0.25, -0.2) is 0 Å². The molecule has 1 aromatic carbocycles. The molecule has 1 heterocycles. The van der Waals surface area contributed by atoms with Gasteiger partial charge in [-0.15, -0.1) is 5.10 Å². The van der Waals surface area contributed by atoms with Crippen molar-refractivity contribution in [3.8, 4) is 0 Å². The van der Waals surface area contributed by atoms with Crippen molar-refractivity contribution >= 4 is 40.0 Å². The van der Waals surface area contributed by atoms with E-state index in [1.807, 2.05) is 18.2 Å². The largest absolute Gasteiger partial charge is 0.381 e. The van der Waals surface area contributed by atoms with Crippen molar-refractivity contribution in [3.05, 3.63) is 38.6 Å². The lowest BCUT2D eigenvalue weighted by Crippen LogP contribution is -2.05. The lowest BCUT2D eigenvalue weighted by Gasteiger charge is -2.03. The Morgan fingerprint density at radius 2 is 2.27 bits per heavy atom. The number of halogens is 2. The van der Waals surface area contributed by atoms with Crippen LogP contribution in [0.3, 0.4) is 0 Å². The fraction of sp³-hybridized carbons (Fsp3) is 0.111. The molecule has 0 aliphatic heterocycles. The van der Waals surface area contributed by atoms with Gasteiger partial charge in [0.05, 0.1) is 12.7 Å². The van der Waals surface area contributed by atoms with Gasteiger partial charge < -0.3 is 5.73 Å². The average Bonchev–Trinajstić information content (AvgIpc) is 2.58. The number of nitrogens with two attached hydrogens (primary N) is 1. The number of aromatic nitrogens is 3. The van der Waals surface area contributed by atoms with Crippen LogP contribution in [-0.2, 0) is 6.54 Å². The third-order valence-corrected chi connectivity index (χ3v) is 3.16. The Kier molecular flexibility index (Phi) is 3.11. The van der Waals surface area contributed by atoms with Gasteiger partial charge in [-0.05, 0) is 46.4 Å². The molecule has 0 radical (unpaired) electrons. The summed E-state index contributed by atoms with van der Waals surface area (Å²) in [6, 6.07) is 5.73. The van der Waals surface area contributed by atoms with E-state index in [-0.39, 0.29) is 0 Å². The zero-order valence-corrected chi connectivity index (χ0v) is 10.6. The Hall–Kier alpha value is -0.820. The summed E-state index contributed by atoms with van der Waals surface area (Å²) >= 11 is 8.16. The highest BCUT2D eigenvalue weighted by molar-refractivity contribution is 14.1. The molecule has 0 atom stereocenters. The second kappa shape index (κ2) is 4.36. The quantitative estimate of drug-likeness (QED) is 0.856. The fourth-order valence-corrected chi connectivity index (χ4v) is 1.90. The van der Waals surface area contributed by atoms with E-state index in [0.717, 1.165) is 9.13 Å². The minimum atomic E-state index is 0.423. The molecule has 15 heavy (non-hydrogen) atoms. The zero-order chi connectivity index (χ0) is 10.8. The second-order valence-corrected chi connectivity index (χ2v) is 4.63. The van der Waals surface area contributed by atoms with Gasteiger partial charge in [0.25, 0.3) is 0 Å². The number of hydrogen-bond acceptors (Lipinski definition) is 3. The fourth-order valence-electron chi connectivity index (χ4n) is 1.20. The molecule has 0 bridgehead atoms. The minimum absolute atomic E-state index is 0.423. The molecule has 0 saturated heterocycles. The first-order chi connectivity index (χ1) is 7.15. The van der Waals surface area contributed by atoms with Crippen LogP contribution in [0.5, 0.6) is 0 Å². The van der Waals surface area contributed by atoms with Crippen LogP contribution in [0.15, 0.2) is 24.4 Å². The van der Waals surface area contributed by atoms with Crippen LogP contribution in [0.4, 0.5) is 5.82 Å². The average molecular weight is 335 g/mol. The van der Waals surface area contributed by atoms with Crippen molar-refractivity contribution in [2.75, 3.05) is 5.73 Å². The third kappa shape index (κ3) is 2.60. The summed E-state index contributed by atoms with van der Waals surface area (Å²) in [5.74, 6) is 0.423. The van der Waals surface area contributed by atoms with Gasteiger partial charge in [-0.2, -0.15) is 9.90 Å². The summed E-state index contributed by atoms with van der Waals surface area (Å²) in [7, 11) is 0. The molecule has 2 N–H and O–H groups in total. The number of nitrogen functional groups attached to an aromatic ring is 1. The van der Waals surface area contributed by atoms with Gasteiger partial charge in [0.1, 0.15) is 0 Å². The highest BCUT2D eigenvalue weighted by Gasteiger charge is 2.03. The van der Waals surface area contributed by atoms with Gasteiger partial charge in [0.2, 0.25) is 0 Å². The Labute approximate surface area is 106 Å². The summed E-state index contributed by atoms with van der Waals surface area (Å²) in [6.45, 7) is 0.579. The molecule has 78 valence electrons. The second-order valence-electron chi connectivity index (χ2n) is 3.04. The molecule has 0 aliphatic rings. The smallest absolute Gasteiger partial charge is 0.165 e. The zero-order valence-electron chi connectivity index (χ0n) is 7.69. The summed E-state index contributed by atoms with van der Waals surface area (Å²) < 4.78 is 1.13. The minimum Gasteiger partial charge on any atom is -0.381 e. The molecule has 0 spiro atoms. The molecular weight excluding hydrogens is 326 g/mol. The Morgan fingerprint density at radius 1 is 1.47 bits per heavy atom. The summed E-state index contributed by atoms with van der Waals surface area (Å²) in [6.07, 6.45) is 1.53. The van der Waals surface area contributed by atoms with Crippen molar-refractivity contribution in [3.63, 3.8) is 0 Å². The van der Waals surface area contributed by atoms with Crippen LogP contribution in [0, 0.1) is 3.57 Å². The standard InChI is InChI=1S/C9H8ClIN4/c10-7-1-2-8(11)6(3-7)5-15-13-4-9(12)14-15/h1-4H,5H2,(H2,12,14). The SMILES string of the molecule is Nc1cnn(Cc2cc(Cl)ccc2I)n1. The highest BCUT2D eigenvalue weighted by atomic mass is 127. The van der Waals surface area contributed by atoms with Gasteiger partial charge in [-0.3, -0.25) is 0 Å². The molecule has 0 fully saturated rings. The summed E-state index contributed by atoms with van der Waals surface area (Å²) in [5, 5.41) is 8.74. The van der Waals surface area contributed by atoms with E-state index in [0.29, 0.717) is 17.4 Å². The lowest BCUT2D eigenvalue weighted by atomic mass is 10.2. The number of anilines is 1. The third-order valence-electron chi connectivity index (χ3n) is 1.87. The Balaban J connectivity index is 2.27. The normalized spacial score (nSPS) is 10.5. The number of nitrogens with zero attached hydrogens (tertiary/aromatic N) is 3. The number of benzene rings is 1. The molecule has 2 rings (SSSR count). The molecule has 1 aromatic heterocycles. The lowest BCUT2D eigenvalue weighted by molar-refractivity contribution is 0.591. The van der Waals surface area contributed by atoms with Crippen molar-refractivity contribution in [1.82, 2.24) is 15.0 Å². The molecule has 4 nitrogen and oxygen atoms in total. The van der Waals surface area contributed by atoms with Crippen LogP contribution >= 0.6 is 34.2 Å². The van der Waals surface area contributed by atoms with Crippen molar-refractivity contribution in [2.45, 2.75) is 6.54 Å². The van der Waals surface area contributed by atoms with E-state index >= 15 is 0 Å². The predicted octanol–water partition coefficient (Wildman–Crippen LogP) is 2.17. The van der Waals surface area contributed by atoms with Gasteiger partial charge >= 0.3 is 0 Å². The first kappa shape index (κ1) is 10.7. The van der Waals surface area contributed by atoms with Gasteiger partial charge in [-0.1, -0.05) is 11.6 Å². The molecular formula is C9H8ClIN4. The molecule has 0 amide bonds. The van der Waals surface area contributed by atoms with Crippen LogP contribution in [0.25, 0.3) is 0 Å². The van der Waals surface area contributed by atoms with E-state index in [2.05, 4.69) is 32.8 Å². The van der Waals surface area contributed by atoms with Crippen molar-refractivity contribution < 1.29 is 0 Å². The van der Waals surface area contributed by atoms with Crippen LogP contribution in [0.1, 0.15) is 5.56 Å². The maximum absolute atomic E-state index is 5.91. The van der Waals surface area contributed by atoms with E-state index in [1.165, 1.54) is 6.20 Å². The van der Waals surface area contributed by atoms with Crippen LogP contribution in [0.2, 0.25) is 5.02 Å². The topological polar surface area (TPSA) is 56.7 Å². The van der Waals surface area contributed by atoms with Crippen molar-refractivity contribution in [1.29, 1.82) is 0 Å². The first-order valence-corrected chi connectivity index (χ1v) is 5.70. The van der Waals surface area contributed by atoms with Gasteiger partial charge in [0.15, 0.2) is 5.82 Å². The Morgan fingerprint density at radius 3 is 2.93 bits per heavy atom. The highest BCUT2D eigenvalue weighted by Crippen LogP contribution is 2.18. The Bertz CT molecular complexity index is 483. The van der Waals surface area contributed by atoms with Gasteiger partial charge in [0, 0.05) is 8.59 Å². The van der Waals surface area contributed by atoms with E-state index < -0.39 is 0 Å². The molecule has 6 heteroatoms. The maximum Gasteiger partial charge on any atom is 0.165 e. The molecule has 2 aromatic rings. The van der Waals surface area contributed by atoms with Crippen LogP contribution in [-0.4, -0.2) is 15.0 Å². The predicted molar refractivity (Wildman–Crippen MR) is 67.7 cm³/mol. The van der Waals surface area contributed by atoms with Crippen molar-refractivity contribution in [2.24, 2.45) is 0 Å². The first-order valence-electron chi connectivity index (χ1n) is 4.24. The van der Waals surface area contributed by atoms with Crippen LogP contribution < -0.4 is 5.73 Å². The van der Waals surface area contributed by atoms with E-state index in [1.54, 1.807) is 4.80 Å². The maximum atomic E-state index is 5.91. The summed E-state index contributed by atoms with van der Waals surface area (Å²) in [4.78, 5) is 1.54. The monoisotopic (exact) mass is 334 g/mol. The molecule has 0 saturated carbocycles. The number of hydrogen-bond donors (Lipinski definition) is 1. The van der Waals surface area contributed by atoms with E-state index in [9.17, 15) is 0 Å². The molecule has 0 unspecified atom stereocenters. The number of rotatable bonds is 2. The van der Waals surface area contributed by atoms with E-state index in [4.69, 9.17) is 17.3 Å². The summed E-state index contributed by atoms with van der Waals surface area (Å²) in [5.41, 5.74) is 6.56.